The second kappa shape index (κ2) is 7.16. The molecule has 2 aromatic carbocycles. The molecule has 1 aliphatic heterocycles. The quantitative estimate of drug-likeness (QED) is 0.872. The number of hydrogen-bond donors (Lipinski definition) is 2. The van der Waals surface area contributed by atoms with Gasteiger partial charge in [-0.1, -0.05) is 54.6 Å². The van der Waals surface area contributed by atoms with Crippen LogP contribution in [0.25, 0.3) is 0 Å². The van der Waals surface area contributed by atoms with Crippen LogP contribution in [0.1, 0.15) is 35.6 Å². The predicted octanol–water partition coefficient (Wildman–Crippen LogP) is 1.99. The highest BCUT2D eigenvalue weighted by atomic mass is 16.2. The van der Waals surface area contributed by atoms with Gasteiger partial charge in [0.2, 0.25) is 11.8 Å². The fourth-order valence-corrected chi connectivity index (χ4v) is 4.60. The Bertz CT molecular complexity index is 852. The number of amides is 2. The zero-order chi connectivity index (χ0) is 19.0. The van der Waals surface area contributed by atoms with Gasteiger partial charge >= 0.3 is 0 Å². The van der Waals surface area contributed by atoms with Gasteiger partial charge in [-0.15, -0.1) is 0 Å². The van der Waals surface area contributed by atoms with Gasteiger partial charge < -0.3 is 16.0 Å². The molecule has 1 fully saturated rings. The van der Waals surface area contributed by atoms with Gasteiger partial charge in [0.25, 0.3) is 0 Å². The second-order valence-corrected chi connectivity index (χ2v) is 7.61. The van der Waals surface area contributed by atoms with Gasteiger partial charge in [0.05, 0.1) is 0 Å². The second-order valence-electron chi connectivity index (χ2n) is 7.61. The standard InChI is InChI=1S/C22H25N3O2/c1-14(26)24-20(11-15-7-3-2-4-8-15)22(27)25-12-18-16-9-5-6-10-17(16)21(23)19(18)13-25/h2-10,18-21H,11-13,23H2,1H3,(H,24,26)/t18-,19-,20+,21-/m1/s1. The monoisotopic (exact) mass is 363 g/mol. The maximum Gasteiger partial charge on any atom is 0.245 e. The van der Waals surface area contributed by atoms with Gasteiger partial charge in [0, 0.05) is 44.3 Å². The fraction of sp³-hybridized carbons (Fsp3) is 0.364. The minimum atomic E-state index is -0.546. The third kappa shape index (κ3) is 3.35. The molecule has 0 radical (unpaired) electrons. The summed E-state index contributed by atoms with van der Waals surface area (Å²) in [5.41, 5.74) is 9.98. The Morgan fingerprint density at radius 1 is 1.07 bits per heavy atom. The first kappa shape index (κ1) is 17.7. The zero-order valence-electron chi connectivity index (χ0n) is 15.5. The molecular weight excluding hydrogens is 338 g/mol. The summed E-state index contributed by atoms with van der Waals surface area (Å²) in [6.45, 7) is 2.76. The van der Waals surface area contributed by atoms with E-state index in [1.165, 1.54) is 18.1 Å². The van der Waals surface area contributed by atoms with E-state index in [1.807, 2.05) is 47.4 Å². The third-order valence-electron chi connectivity index (χ3n) is 5.85. The Morgan fingerprint density at radius 2 is 1.74 bits per heavy atom. The van der Waals surface area contributed by atoms with E-state index in [1.54, 1.807) is 0 Å². The van der Waals surface area contributed by atoms with E-state index in [0.717, 1.165) is 5.56 Å². The van der Waals surface area contributed by atoms with Crippen LogP contribution < -0.4 is 11.1 Å². The van der Waals surface area contributed by atoms with Gasteiger partial charge in [-0.3, -0.25) is 9.59 Å². The number of nitrogens with zero attached hydrogens (tertiary/aromatic N) is 1. The fourth-order valence-electron chi connectivity index (χ4n) is 4.60. The van der Waals surface area contributed by atoms with Gasteiger partial charge in [0.1, 0.15) is 6.04 Å². The first-order valence-electron chi connectivity index (χ1n) is 9.49. The van der Waals surface area contributed by atoms with Gasteiger partial charge in [-0.25, -0.2) is 0 Å². The SMILES string of the molecule is CC(=O)N[C@@H](Cc1ccccc1)C(=O)N1C[C@H]2[C@H](N)c3ccccc3[C@H]2C1. The summed E-state index contributed by atoms with van der Waals surface area (Å²) < 4.78 is 0. The Hall–Kier alpha value is -2.66. The van der Waals surface area contributed by atoms with Crippen molar-refractivity contribution in [3.63, 3.8) is 0 Å². The molecule has 1 heterocycles. The van der Waals surface area contributed by atoms with E-state index < -0.39 is 6.04 Å². The lowest BCUT2D eigenvalue weighted by molar-refractivity contribution is -0.135. The average molecular weight is 363 g/mol. The van der Waals surface area contributed by atoms with Crippen LogP contribution in [0.5, 0.6) is 0 Å². The van der Waals surface area contributed by atoms with E-state index in [0.29, 0.717) is 19.5 Å². The molecular formula is C22H25N3O2. The lowest BCUT2D eigenvalue weighted by atomic mass is 9.95. The molecule has 140 valence electrons. The molecule has 0 unspecified atom stereocenters. The summed E-state index contributed by atoms with van der Waals surface area (Å²) in [6.07, 6.45) is 0.494. The zero-order valence-corrected chi connectivity index (χ0v) is 15.5. The lowest BCUT2D eigenvalue weighted by Crippen LogP contribution is -2.48. The summed E-state index contributed by atoms with van der Waals surface area (Å²) in [5, 5.41) is 2.84. The maximum atomic E-state index is 13.2. The van der Waals surface area contributed by atoms with E-state index in [2.05, 4.69) is 17.4 Å². The van der Waals surface area contributed by atoms with Crippen LogP contribution in [0.3, 0.4) is 0 Å². The summed E-state index contributed by atoms with van der Waals surface area (Å²) >= 11 is 0. The van der Waals surface area contributed by atoms with Crippen LogP contribution in [0, 0.1) is 5.92 Å². The smallest absolute Gasteiger partial charge is 0.245 e. The molecule has 27 heavy (non-hydrogen) atoms. The van der Waals surface area contributed by atoms with Crippen LogP contribution in [-0.2, 0) is 16.0 Å². The number of nitrogens with two attached hydrogens (primary N) is 1. The number of hydrogen-bond acceptors (Lipinski definition) is 3. The third-order valence-corrected chi connectivity index (χ3v) is 5.85. The van der Waals surface area contributed by atoms with Crippen molar-refractivity contribution in [2.45, 2.75) is 31.3 Å². The van der Waals surface area contributed by atoms with Crippen molar-refractivity contribution in [1.82, 2.24) is 10.2 Å². The highest BCUT2D eigenvalue weighted by molar-refractivity contribution is 5.87. The molecule has 5 nitrogen and oxygen atoms in total. The van der Waals surface area contributed by atoms with Crippen molar-refractivity contribution in [3.8, 4) is 0 Å². The molecule has 1 aliphatic carbocycles. The van der Waals surface area contributed by atoms with Crippen molar-refractivity contribution < 1.29 is 9.59 Å². The largest absolute Gasteiger partial charge is 0.344 e. The molecule has 0 bridgehead atoms. The molecule has 4 atom stereocenters. The molecule has 0 aromatic heterocycles. The number of carbonyl (C=O) groups is 2. The molecule has 4 rings (SSSR count). The first-order valence-corrected chi connectivity index (χ1v) is 9.49. The average Bonchev–Trinajstić information content (AvgIpc) is 3.21. The summed E-state index contributed by atoms with van der Waals surface area (Å²) in [4.78, 5) is 26.8. The lowest BCUT2D eigenvalue weighted by Gasteiger charge is -2.25. The van der Waals surface area contributed by atoms with Gasteiger partial charge in [-0.05, 0) is 16.7 Å². The Kier molecular flexibility index (Phi) is 4.70. The van der Waals surface area contributed by atoms with Gasteiger partial charge in [0.15, 0.2) is 0 Å². The van der Waals surface area contributed by atoms with Crippen LogP contribution >= 0.6 is 0 Å². The Morgan fingerprint density at radius 3 is 2.44 bits per heavy atom. The summed E-state index contributed by atoms with van der Waals surface area (Å²) in [7, 11) is 0. The van der Waals surface area contributed by atoms with Crippen molar-refractivity contribution >= 4 is 11.8 Å². The first-order chi connectivity index (χ1) is 13.0. The molecule has 0 saturated carbocycles. The number of fused-ring (bicyclic) bond motifs is 3. The minimum absolute atomic E-state index is 0.0202. The Balaban J connectivity index is 1.52. The molecule has 2 aliphatic rings. The number of nitrogens with one attached hydrogen (secondary N) is 1. The highest BCUT2D eigenvalue weighted by Crippen LogP contribution is 2.48. The molecule has 2 amide bonds. The summed E-state index contributed by atoms with van der Waals surface area (Å²) in [5.74, 6) is 0.328. The van der Waals surface area contributed by atoms with Crippen LogP contribution in [-0.4, -0.2) is 35.8 Å². The molecule has 2 aromatic rings. The van der Waals surface area contributed by atoms with Crippen molar-refractivity contribution in [1.29, 1.82) is 0 Å². The molecule has 3 N–H and O–H groups in total. The van der Waals surface area contributed by atoms with E-state index >= 15 is 0 Å². The van der Waals surface area contributed by atoms with E-state index in [9.17, 15) is 9.59 Å². The summed E-state index contributed by atoms with van der Waals surface area (Å²) in [6, 6.07) is 17.5. The van der Waals surface area contributed by atoms with Crippen molar-refractivity contribution in [2.75, 3.05) is 13.1 Å². The van der Waals surface area contributed by atoms with E-state index in [4.69, 9.17) is 5.73 Å². The number of likely N-dealkylation sites (tertiary alicyclic amines) is 1. The van der Waals surface area contributed by atoms with E-state index in [-0.39, 0.29) is 29.7 Å². The highest BCUT2D eigenvalue weighted by Gasteiger charge is 2.46. The van der Waals surface area contributed by atoms with Crippen molar-refractivity contribution in [3.05, 3.63) is 71.3 Å². The van der Waals surface area contributed by atoms with Crippen molar-refractivity contribution in [2.24, 2.45) is 11.7 Å². The maximum absolute atomic E-state index is 13.2. The molecule has 0 spiro atoms. The van der Waals surface area contributed by atoms with Crippen LogP contribution in [0.4, 0.5) is 0 Å². The predicted molar refractivity (Wildman–Crippen MR) is 104 cm³/mol. The molecule has 5 heteroatoms. The number of carbonyl (C=O) groups excluding carboxylic acids is 2. The minimum Gasteiger partial charge on any atom is -0.344 e. The normalized spacial score (nSPS) is 24.2. The topological polar surface area (TPSA) is 75.4 Å². The molecule has 1 saturated heterocycles. The van der Waals surface area contributed by atoms with Crippen LogP contribution in [0.15, 0.2) is 54.6 Å². The van der Waals surface area contributed by atoms with Crippen LogP contribution in [0.2, 0.25) is 0 Å². The Labute approximate surface area is 159 Å². The number of benzene rings is 2. The number of rotatable bonds is 4. The van der Waals surface area contributed by atoms with Gasteiger partial charge in [-0.2, -0.15) is 0 Å².